The fourth-order valence-corrected chi connectivity index (χ4v) is 2.21. The number of nitrogens with zero attached hydrogens (tertiary/aromatic N) is 1. The zero-order chi connectivity index (χ0) is 11.4. The summed E-state index contributed by atoms with van der Waals surface area (Å²) in [4.78, 5) is 4.36. The summed E-state index contributed by atoms with van der Waals surface area (Å²) in [5.74, 6) is 0.838. The molecule has 2 nitrogen and oxygen atoms in total. The molecule has 3 heteroatoms. The van der Waals surface area contributed by atoms with Crippen LogP contribution in [0.2, 0.25) is 5.02 Å². The van der Waals surface area contributed by atoms with Crippen molar-refractivity contribution in [1.82, 2.24) is 10.3 Å². The fourth-order valence-electron chi connectivity index (χ4n) is 2.01. The molecule has 1 N–H and O–H groups in total. The predicted octanol–water partition coefficient (Wildman–Crippen LogP) is 3.06. The lowest BCUT2D eigenvalue weighted by Crippen LogP contribution is -2.34. The Labute approximate surface area is 102 Å². The van der Waals surface area contributed by atoms with E-state index in [1.54, 1.807) is 0 Å². The second-order valence-corrected chi connectivity index (χ2v) is 4.94. The maximum absolute atomic E-state index is 6.14. The molecule has 1 aliphatic carbocycles. The Balaban J connectivity index is 1.97. The summed E-state index contributed by atoms with van der Waals surface area (Å²) in [6, 6.07) is 4.37. The Kier molecular flexibility index (Phi) is 4.19. The van der Waals surface area contributed by atoms with E-state index in [0.29, 0.717) is 6.04 Å². The maximum Gasteiger partial charge on any atom is 0.0622 e. The minimum absolute atomic E-state index is 0.562. The third-order valence-electron chi connectivity index (χ3n) is 3.10. The van der Waals surface area contributed by atoms with Crippen LogP contribution in [0.25, 0.3) is 0 Å². The van der Waals surface area contributed by atoms with Gasteiger partial charge in [0.15, 0.2) is 0 Å². The lowest BCUT2D eigenvalue weighted by Gasteiger charge is -2.17. The average molecular weight is 239 g/mol. The van der Waals surface area contributed by atoms with Gasteiger partial charge in [-0.1, -0.05) is 18.5 Å². The van der Waals surface area contributed by atoms with Crippen molar-refractivity contribution < 1.29 is 0 Å². The highest BCUT2D eigenvalue weighted by Crippen LogP contribution is 2.34. The van der Waals surface area contributed by atoms with Crippen molar-refractivity contribution in [1.29, 1.82) is 0 Å². The van der Waals surface area contributed by atoms with Crippen LogP contribution in [-0.2, 0) is 6.42 Å². The molecule has 88 valence electrons. The van der Waals surface area contributed by atoms with Gasteiger partial charge in [-0.3, -0.25) is 4.98 Å². The van der Waals surface area contributed by atoms with Crippen molar-refractivity contribution in [3.05, 3.63) is 29.0 Å². The van der Waals surface area contributed by atoms with Gasteiger partial charge in [-0.15, -0.1) is 0 Å². The highest BCUT2D eigenvalue weighted by molar-refractivity contribution is 6.31. The summed E-state index contributed by atoms with van der Waals surface area (Å²) in [7, 11) is 0. The van der Waals surface area contributed by atoms with E-state index in [0.717, 1.165) is 29.6 Å². The second-order valence-electron chi connectivity index (χ2n) is 4.53. The maximum atomic E-state index is 6.14. The first-order valence-corrected chi connectivity index (χ1v) is 6.52. The van der Waals surface area contributed by atoms with Crippen molar-refractivity contribution in [2.24, 2.45) is 5.92 Å². The van der Waals surface area contributed by atoms with E-state index in [9.17, 15) is 0 Å². The topological polar surface area (TPSA) is 24.9 Å². The molecule has 0 amide bonds. The SMILES string of the molecule is CCCNC(Cc1ncccc1Cl)C1CC1. The minimum Gasteiger partial charge on any atom is -0.313 e. The highest BCUT2D eigenvalue weighted by Gasteiger charge is 2.31. The second kappa shape index (κ2) is 5.65. The average Bonchev–Trinajstić information content (AvgIpc) is 3.10. The molecular formula is C13H19ClN2. The van der Waals surface area contributed by atoms with Crippen LogP contribution >= 0.6 is 11.6 Å². The number of halogens is 1. The van der Waals surface area contributed by atoms with E-state index in [2.05, 4.69) is 17.2 Å². The van der Waals surface area contributed by atoms with Crippen LogP contribution in [0.1, 0.15) is 31.9 Å². The van der Waals surface area contributed by atoms with Gasteiger partial charge in [0, 0.05) is 18.7 Å². The van der Waals surface area contributed by atoms with Gasteiger partial charge in [-0.25, -0.2) is 0 Å². The number of nitrogens with one attached hydrogen (secondary N) is 1. The normalized spacial score (nSPS) is 17.4. The third kappa shape index (κ3) is 3.19. The number of pyridine rings is 1. The van der Waals surface area contributed by atoms with Crippen LogP contribution in [0.15, 0.2) is 18.3 Å². The quantitative estimate of drug-likeness (QED) is 0.824. The standard InChI is InChI=1S/C13H19ClN2/c1-2-7-15-12(10-5-6-10)9-13-11(14)4-3-8-16-13/h3-4,8,10,12,15H,2,5-7,9H2,1H3. The van der Waals surface area contributed by atoms with Gasteiger partial charge < -0.3 is 5.32 Å². The molecule has 1 aromatic heterocycles. The highest BCUT2D eigenvalue weighted by atomic mass is 35.5. The lowest BCUT2D eigenvalue weighted by atomic mass is 10.1. The molecule has 0 aromatic carbocycles. The summed E-state index contributed by atoms with van der Waals surface area (Å²) in [6.45, 7) is 3.29. The van der Waals surface area contributed by atoms with E-state index >= 15 is 0 Å². The number of aromatic nitrogens is 1. The third-order valence-corrected chi connectivity index (χ3v) is 3.44. The van der Waals surface area contributed by atoms with Crippen LogP contribution in [0.3, 0.4) is 0 Å². The van der Waals surface area contributed by atoms with Gasteiger partial charge in [-0.2, -0.15) is 0 Å². The summed E-state index contributed by atoms with van der Waals surface area (Å²) in [6.07, 6.45) is 6.67. The van der Waals surface area contributed by atoms with E-state index < -0.39 is 0 Å². The van der Waals surface area contributed by atoms with Crippen LogP contribution < -0.4 is 5.32 Å². The molecule has 2 rings (SSSR count). The summed E-state index contributed by atoms with van der Waals surface area (Å²) in [5, 5.41) is 4.41. The largest absolute Gasteiger partial charge is 0.313 e. The van der Waals surface area contributed by atoms with Crippen molar-refractivity contribution >= 4 is 11.6 Å². The lowest BCUT2D eigenvalue weighted by molar-refractivity contribution is 0.456. The first kappa shape index (κ1) is 11.9. The summed E-state index contributed by atoms with van der Waals surface area (Å²) >= 11 is 6.14. The fraction of sp³-hybridized carbons (Fsp3) is 0.615. The minimum atomic E-state index is 0.562. The predicted molar refractivity (Wildman–Crippen MR) is 67.8 cm³/mol. The first-order chi connectivity index (χ1) is 7.81. The van der Waals surface area contributed by atoms with Crippen LogP contribution in [-0.4, -0.2) is 17.6 Å². The van der Waals surface area contributed by atoms with Crippen molar-refractivity contribution in [3.8, 4) is 0 Å². The number of hydrogen-bond acceptors (Lipinski definition) is 2. The molecule has 0 radical (unpaired) electrons. The molecule has 1 aromatic rings. The van der Waals surface area contributed by atoms with E-state index in [4.69, 9.17) is 11.6 Å². The number of rotatable bonds is 6. The Morgan fingerprint density at radius 3 is 3.00 bits per heavy atom. The molecule has 0 bridgehead atoms. The molecule has 1 aliphatic rings. The zero-order valence-corrected chi connectivity index (χ0v) is 10.5. The molecule has 16 heavy (non-hydrogen) atoms. The Bertz CT molecular complexity index is 336. The van der Waals surface area contributed by atoms with Gasteiger partial charge in [0.25, 0.3) is 0 Å². The van der Waals surface area contributed by atoms with Gasteiger partial charge in [0.1, 0.15) is 0 Å². The molecule has 1 saturated carbocycles. The van der Waals surface area contributed by atoms with Crippen LogP contribution in [0, 0.1) is 5.92 Å². The molecule has 1 fully saturated rings. The van der Waals surface area contributed by atoms with Crippen LogP contribution in [0.5, 0.6) is 0 Å². The van der Waals surface area contributed by atoms with Gasteiger partial charge in [0.05, 0.1) is 10.7 Å². The Hall–Kier alpha value is -0.600. The summed E-state index contributed by atoms with van der Waals surface area (Å²) in [5.41, 5.74) is 1.03. The van der Waals surface area contributed by atoms with Crippen LogP contribution in [0.4, 0.5) is 0 Å². The molecule has 1 heterocycles. The molecule has 0 saturated heterocycles. The van der Waals surface area contributed by atoms with Gasteiger partial charge >= 0.3 is 0 Å². The zero-order valence-electron chi connectivity index (χ0n) is 9.75. The Morgan fingerprint density at radius 2 is 2.38 bits per heavy atom. The van der Waals surface area contributed by atoms with Crippen molar-refractivity contribution in [3.63, 3.8) is 0 Å². The molecular weight excluding hydrogens is 220 g/mol. The monoisotopic (exact) mass is 238 g/mol. The molecule has 0 aliphatic heterocycles. The number of hydrogen-bond donors (Lipinski definition) is 1. The van der Waals surface area contributed by atoms with E-state index in [1.165, 1.54) is 19.3 Å². The van der Waals surface area contributed by atoms with E-state index in [1.807, 2.05) is 18.3 Å². The molecule has 1 unspecified atom stereocenters. The first-order valence-electron chi connectivity index (χ1n) is 6.14. The molecule has 0 spiro atoms. The van der Waals surface area contributed by atoms with Crippen molar-refractivity contribution in [2.45, 2.75) is 38.6 Å². The van der Waals surface area contributed by atoms with Crippen molar-refractivity contribution in [2.75, 3.05) is 6.54 Å². The Morgan fingerprint density at radius 1 is 1.56 bits per heavy atom. The summed E-state index contributed by atoms with van der Waals surface area (Å²) < 4.78 is 0. The smallest absolute Gasteiger partial charge is 0.0622 e. The van der Waals surface area contributed by atoms with E-state index in [-0.39, 0.29) is 0 Å². The van der Waals surface area contributed by atoms with Gasteiger partial charge in [-0.05, 0) is 43.9 Å². The molecule has 1 atom stereocenters. The van der Waals surface area contributed by atoms with Gasteiger partial charge in [0.2, 0.25) is 0 Å².